The summed E-state index contributed by atoms with van der Waals surface area (Å²) in [5, 5.41) is 3.74. The molecule has 1 aliphatic rings. The summed E-state index contributed by atoms with van der Waals surface area (Å²) in [6.07, 6.45) is 10.2. The van der Waals surface area contributed by atoms with Gasteiger partial charge in [-0.05, 0) is 60.4 Å². The van der Waals surface area contributed by atoms with Gasteiger partial charge in [-0.3, -0.25) is 0 Å². The topological polar surface area (TPSA) is 26.0 Å². The van der Waals surface area contributed by atoms with E-state index in [0.717, 1.165) is 12.3 Å². The van der Waals surface area contributed by atoms with Crippen molar-refractivity contribution >= 4 is 21.4 Å². The first-order chi connectivity index (χ1) is 10.2. The number of hydrogen-bond donors (Lipinski definition) is 1. The van der Waals surface area contributed by atoms with Crippen LogP contribution in [-0.2, 0) is 6.42 Å². The quantitative estimate of drug-likeness (QED) is 0.773. The van der Waals surface area contributed by atoms with Crippen molar-refractivity contribution in [2.75, 3.05) is 0 Å². The summed E-state index contributed by atoms with van der Waals surface area (Å²) in [4.78, 5) is 0. The van der Waals surface area contributed by atoms with Gasteiger partial charge < -0.3 is 5.73 Å². The van der Waals surface area contributed by atoms with E-state index in [0.29, 0.717) is 0 Å². The van der Waals surface area contributed by atoms with Gasteiger partial charge >= 0.3 is 0 Å². The zero-order chi connectivity index (χ0) is 14.7. The van der Waals surface area contributed by atoms with Gasteiger partial charge in [0.05, 0.1) is 0 Å². The lowest BCUT2D eigenvalue weighted by atomic mass is 9.73. The Labute approximate surface area is 132 Å². The number of nitrogens with two attached hydrogens (primary N) is 1. The maximum atomic E-state index is 6.74. The molecule has 3 rings (SSSR count). The highest BCUT2D eigenvalue weighted by atomic mass is 32.1. The Bertz CT molecular complexity index is 578. The molecule has 1 fully saturated rings. The first-order valence-electron chi connectivity index (χ1n) is 8.44. The van der Waals surface area contributed by atoms with E-state index in [1.165, 1.54) is 60.6 Å². The summed E-state index contributed by atoms with van der Waals surface area (Å²) in [6.45, 7) is 2.29. The van der Waals surface area contributed by atoms with Crippen LogP contribution in [0.5, 0.6) is 0 Å². The Morgan fingerprint density at radius 1 is 1.24 bits per heavy atom. The molecule has 21 heavy (non-hydrogen) atoms. The molecule has 0 atom stereocenters. The molecule has 2 N–H and O–H groups in total. The highest BCUT2D eigenvalue weighted by molar-refractivity contribution is 7.17. The molecule has 0 unspecified atom stereocenters. The minimum absolute atomic E-state index is 0.0343. The van der Waals surface area contributed by atoms with E-state index >= 15 is 0 Å². The number of thiophene rings is 1. The Balaban J connectivity index is 1.65. The van der Waals surface area contributed by atoms with E-state index in [9.17, 15) is 0 Å². The molecule has 1 saturated carbocycles. The van der Waals surface area contributed by atoms with Gasteiger partial charge in [-0.2, -0.15) is 0 Å². The Hall–Kier alpha value is -0.860. The van der Waals surface area contributed by atoms with Gasteiger partial charge in [0, 0.05) is 10.2 Å². The average molecular weight is 301 g/mol. The maximum Gasteiger partial charge on any atom is 0.0345 e. The standard InChI is InChI=1S/C19H27NS/c1-2-3-6-15-9-11-19(20,12-10-15)13-16-14-21-18-8-5-4-7-17(16)18/h4-5,7-8,14-15H,2-3,6,9-13,20H2,1H3. The van der Waals surface area contributed by atoms with Crippen LogP contribution in [0.4, 0.5) is 0 Å². The molecule has 0 bridgehead atoms. The smallest absolute Gasteiger partial charge is 0.0345 e. The van der Waals surface area contributed by atoms with Crippen molar-refractivity contribution in [2.45, 2.75) is 63.8 Å². The molecule has 114 valence electrons. The van der Waals surface area contributed by atoms with Crippen molar-refractivity contribution in [1.82, 2.24) is 0 Å². The van der Waals surface area contributed by atoms with Gasteiger partial charge in [-0.25, -0.2) is 0 Å². The minimum atomic E-state index is 0.0343. The summed E-state index contributed by atoms with van der Waals surface area (Å²) in [5.74, 6) is 0.931. The lowest BCUT2D eigenvalue weighted by Crippen LogP contribution is -2.45. The third kappa shape index (κ3) is 3.49. The van der Waals surface area contributed by atoms with Crippen molar-refractivity contribution in [2.24, 2.45) is 11.7 Å². The molecule has 0 radical (unpaired) electrons. The highest BCUT2D eigenvalue weighted by Gasteiger charge is 2.32. The molecular formula is C19H27NS. The second-order valence-corrected chi connectivity index (χ2v) is 7.79. The zero-order valence-corrected chi connectivity index (χ0v) is 13.9. The molecule has 0 saturated heterocycles. The summed E-state index contributed by atoms with van der Waals surface area (Å²) in [6, 6.07) is 8.73. The van der Waals surface area contributed by atoms with Gasteiger partial charge in [-0.1, -0.05) is 44.4 Å². The molecule has 1 nitrogen and oxygen atoms in total. The number of hydrogen-bond acceptors (Lipinski definition) is 2. The summed E-state index contributed by atoms with van der Waals surface area (Å²) in [7, 11) is 0. The fraction of sp³-hybridized carbons (Fsp3) is 0.579. The second-order valence-electron chi connectivity index (χ2n) is 6.88. The van der Waals surface area contributed by atoms with E-state index in [1.54, 1.807) is 0 Å². The molecule has 2 aromatic rings. The van der Waals surface area contributed by atoms with Crippen molar-refractivity contribution < 1.29 is 0 Å². The maximum absolute atomic E-state index is 6.74. The number of rotatable bonds is 5. The van der Waals surface area contributed by atoms with E-state index in [-0.39, 0.29) is 5.54 Å². The van der Waals surface area contributed by atoms with Crippen LogP contribution in [0.15, 0.2) is 29.6 Å². The molecule has 0 spiro atoms. The molecule has 1 aliphatic carbocycles. The van der Waals surface area contributed by atoms with Crippen molar-refractivity contribution in [3.05, 3.63) is 35.2 Å². The average Bonchev–Trinajstić information content (AvgIpc) is 2.90. The highest BCUT2D eigenvalue weighted by Crippen LogP contribution is 2.37. The van der Waals surface area contributed by atoms with Gasteiger partial charge in [0.1, 0.15) is 0 Å². The summed E-state index contributed by atoms with van der Waals surface area (Å²) < 4.78 is 1.40. The third-order valence-electron chi connectivity index (χ3n) is 5.17. The molecule has 0 amide bonds. The largest absolute Gasteiger partial charge is 0.325 e. The first-order valence-corrected chi connectivity index (χ1v) is 9.32. The Kier molecular flexibility index (Phi) is 4.66. The van der Waals surface area contributed by atoms with Crippen LogP contribution in [0.2, 0.25) is 0 Å². The van der Waals surface area contributed by atoms with Crippen LogP contribution in [0, 0.1) is 5.92 Å². The van der Waals surface area contributed by atoms with Gasteiger partial charge in [0.15, 0.2) is 0 Å². The van der Waals surface area contributed by atoms with Gasteiger partial charge in [0.25, 0.3) is 0 Å². The fourth-order valence-corrected chi connectivity index (χ4v) is 4.72. The predicted octanol–water partition coefficient (Wildman–Crippen LogP) is 5.52. The van der Waals surface area contributed by atoms with Crippen LogP contribution < -0.4 is 5.73 Å². The summed E-state index contributed by atoms with van der Waals surface area (Å²) in [5.41, 5.74) is 8.23. The summed E-state index contributed by atoms with van der Waals surface area (Å²) >= 11 is 1.86. The Morgan fingerprint density at radius 3 is 2.76 bits per heavy atom. The number of unbranched alkanes of at least 4 members (excludes halogenated alkanes) is 1. The predicted molar refractivity (Wildman–Crippen MR) is 93.9 cm³/mol. The zero-order valence-electron chi connectivity index (χ0n) is 13.1. The van der Waals surface area contributed by atoms with Crippen LogP contribution >= 0.6 is 11.3 Å². The van der Waals surface area contributed by atoms with Crippen LogP contribution in [0.25, 0.3) is 10.1 Å². The SMILES string of the molecule is CCCCC1CCC(N)(Cc2csc3ccccc23)CC1. The van der Waals surface area contributed by atoms with Crippen LogP contribution in [-0.4, -0.2) is 5.54 Å². The molecule has 1 aromatic heterocycles. The van der Waals surface area contributed by atoms with Gasteiger partial charge in [-0.15, -0.1) is 11.3 Å². The molecule has 0 aliphatic heterocycles. The van der Waals surface area contributed by atoms with Crippen molar-refractivity contribution in [1.29, 1.82) is 0 Å². The van der Waals surface area contributed by atoms with Crippen LogP contribution in [0.3, 0.4) is 0 Å². The molecule has 1 heterocycles. The van der Waals surface area contributed by atoms with E-state index in [1.807, 2.05) is 11.3 Å². The second kappa shape index (κ2) is 6.50. The Morgan fingerprint density at radius 2 is 2.00 bits per heavy atom. The fourth-order valence-electron chi connectivity index (χ4n) is 3.76. The lowest BCUT2D eigenvalue weighted by Gasteiger charge is -2.37. The number of benzene rings is 1. The molecular weight excluding hydrogens is 274 g/mol. The normalized spacial score (nSPS) is 26.3. The molecule has 1 aromatic carbocycles. The monoisotopic (exact) mass is 301 g/mol. The minimum Gasteiger partial charge on any atom is -0.325 e. The van der Waals surface area contributed by atoms with Crippen molar-refractivity contribution in [3.8, 4) is 0 Å². The molecule has 2 heteroatoms. The van der Waals surface area contributed by atoms with E-state index in [2.05, 4.69) is 36.6 Å². The lowest BCUT2D eigenvalue weighted by molar-refractivity contribution is 0.222. The first kappa shape index (κ1) is 15.1. The van der Waals surface area contributed by atoms with E-state index in [4.69, 9.17) is 5.73 Å². The van der Waals surface area contributed by atoms with E-state index < -0.39 is 0 Å². The van der Waals surface area contributed by atoms with Crippen LogP contribution in [0.1, 0.15) is 57.4 Å². The van der Waals surface area contributed by atoms with Gasteiger partial charge in [0.2, 0.25) is 0 Å². The van der Waals surface area contributed by atoms with Crippen molar-refractivity contribution in [3.63, 3.8) is 0 Å². The third-order valence-corrected chi connectivity index (χ3v) is 6.18. The number of fused-ring (bicyclic) bond motifs is 1.